The number of nitrogens with zero attached hydrogens (tertiary/aromatic N) is 1. The van der Waals surface area contributed by atoms with Crippen LogP contribution in [0, 0.1) is 0 Å². The van der Waals surface area contributed by atoms with Crippen LogP contribution in [0.2, 0.25) is 0 Å². The Hall–Kier alpha value is -0.160. The van der Waals surface area contributed by atoms with E-state index in [1.165, 1.54) is 25.7 Å². The first-order valence-electron chi connectivity index (χ1n) is 7.55. The van der Waals surface area contributed by atoms with Crippen molar-refractivity contribution < 1.29 is 9.84 Å². The molecule has 4 heteroatoms. The summed E-state index contributed by atoms with van der Waals surface area (Å²) in [4.78, 5) is 2.59. The average molecular weight is 256 g/mol. The first-order chi connectivity index (χ1) is 8.85. The van der Waals surface area contributed by atoms with Gasteiger partial charge in [0, 0.05) is 25.2 Å². The third-order valence-corrected chi connectivity index (χ3v) is 4.33. The molecule has 0 radical (unpaired) electrons. The second-order valence-corrected chi connectivity index (χ2v) is 5.52. The van der Waals surface area contributed by atoms with Crippen molar-refractivity contribution in [2.24, 2.45) is 0 Å². The van der Waals surface area contributed by atoms with Gasteiger partial charge in [-0.15, -0.1) is 0 Å². The van der Waals surface area contributed by atoms with Crippen molar-refractivity contribution in [3.63, 3.8) is 0 Å². The molecule has 3 atom stereocenters. The van der Waals surface area contributed by atoms with Gasteiger partial charge in [0.05, 0.1) is 19.3 Å². The monoisotopic (exact) mass is 256 g/mol. The lowest BCUT2D eigenvalue weighted by atomic mass is 9.90. The van der Waals surface area contributed by atoms with Gasteiger partial charge in [-0.1, -0.05) is 19.8 Å². The zero-order valence-corrected chi connectivity index (χ0v) is 11.6. The Morgan fingerprint density at radius 1 is 1.39 bits per heavy atom. The fraction of sp³-hybridized carbons (Fsp3) is 1.00. The van der Waals surface area contributed by atoms with Crippen molar-refractivity contribution >= 4 is 0 Å². The third kappa shape index (κ3) is 3.67. The fourth-order valence-electron chi connectivity index (χ4n) is 3.32. The summed E-state index contributed by atoms with van der Waals surface area (Å²) >= 11 is 0. The summed E-state index contributed by atoms with van der Waals surface area (Å²) in [5, 5.41) is 12.6. The van der Waals surface area contributed by atoms with Crippen molar-refractivity contribution in [2.45, 2.75) is 57.2 Å². The topological polar surface area (TPSA) is 44.7 Å². The van der Waals surface area contributed by atoms with Gasteiger partial charge in [0.2, 0.25) is 0 Å². The summed E-state index contributed by atoms with van der Waals surface area (Å²) in [6.45, 7) is 6.29. The van der Waals surface area contributed by atoms with Crippen LogP contribution in [0.1, 0.15) is 39.0 Å². The van der Waals surface area contributed by atoms with E-state index in [-0.39, 0.29) is 12.6 Å². The minimum Gasteiger partial charge on any atom is -0.395 e. The number of hydrogen-bond donors (Lipinski definition) is 2. The Balaban J connectivity index is 1.79. The van der Waals surface area contributed by atoms with E-state index in [1.54, 1.807) is 0 Å². The van der Waals surface area contributed by atoms with Gasteiger partial charge < -0.3 is 15.2 Å². The van der Waals surface area contributed by atoms with Crippen LogP contribution in [0.25, 0.3) is 0 Å². The maximum absolute atomic E-state index is 9.31. The van der Waals surface area contributed by atoms with E-state index in [9.17, 15) is 5.11 Å². The molecule has 2 fully saturated rings. The van der Waals surface area contributed by atoms with Gasteiger partial charge in [0.15, 0.2) is 0 Å². The van der Waals surface area contributed by atoms with Crippen molar-refractivity contribution in [2.75, 3.05) is 32.8 Å². The molecule has 0 spiro atoms. The molecular weight excluding hydrogens is 228 g/mol. The maximum atomic E-state index is 9.31. The number of morpholine rings is 1. The summed E-state index contributed by atoms with van der Waals surface area (Å²) in [6.07, 6.45) is 6.70. The average Bonchev–Trinajstić information content (AvgIpc) is 2.43. The largest absolute Gasteiger partial charge is 0.395 e. The molecule has 4 nitrogen and oxygen atoms in total. The first kappa shape index (κ1) is 14.3. The third-order valence-electron chi connectivity index (χ3n) is 4.33. The van der Waals surface area contributed by atoms with Gasteiger partial charge in [0.25, 0.3) is 0 Å². The van der Waals surface area contributed by atoms with E-state index in [2.05, 4.69) is 17.1 Å². The molecule has 1 aliphatic heterocycles. The van der Waals surface area contributed by atoms with Crippen molar-refractivity contribution in [3.8, 4) is 0 Å². The molecule has 1 saturated heterocycles. The van der Waals surface area contributed by atoms with Gasteiger partial charge in [-0.2, -0.15) is 0 Å². The second-order valence-electron chi connectivity index (χ2n) is 5.52. The summed E-state index contributed by atoms with van der Waals surface area (Å²) in [7, 11) is 0. The molecule has 2 N–H and O–H groups in total. The number of aliphatic hydroxyl groups is 1. The molecule has 0 amide bonds. The van der Waals surface area contributed by atoms with Crippen molar-refractivity contribution in [3.05, 3.63) is 0 Å². The number of nitrogens with one attached hydrogen (secondary N) is 1. The minimum absolute atomic E-state index is 0.242. The smallest absolute Gasteiger partial charge is 0.0730 e. The van der Waals surface area contributed by atoms with Crippen LogP contribution in [0.3, 0.4) is 0 Å². The van der Waals surface area contributed by atoms with Crippen LogP contribution in [0.15, 0.2) is 0 Å². The number of ether oxygens (including phenoxy) is 1. The molecular formula is C14H28N2O2. The van der Waals surface area contributed by atoms with Crippen molar-refractivity contribution in [1.29, 1.82) is 0 Å². The standard InChI is InChI=1S/C14H28N2O2/c1-2-15-12(11-17)7-8-16-9-10-18-14-6-4-3-5-13(14)16/h12-15,17H,2-11H2,1H3. The Kier molecular flexibility index (Phi) is 5.89. The summed E-state index contributed by atoms with van der Waals surface area (Å²) in [5.74, 6) is 0. The second kappa shape index (κ2) is 7.43. The molecule has 3 unspecified atom stereocenters. The number of rotatable bonds is 6. The molecule has 2 rings (SSSR count). The Bertz CT molecular complexity index is 236. The zero-order chi connectivity index (χ0) is 12.8. The van der Waals surface area contributed by atoms with Crippen LogP contribution in [-0.2, 0) is 4.74 Å². The molecule has 0 aromatic heterocycles. The highest BCUT2D eigenvalue weighted by atomic mass is 16.5. The molecule has 0 aromatic carbocycles. The van der Waals surface area contributed by atoms with E-state index in [4.69, 9.17) is 4.74 Å². The summed E-state index contributed by atoms with van der Waals surface area (Å²) in [5.41, 5.74) is 0. The molecule has 0 aromatic rings. The lowest BCUT2D eigenvalue weighted by Crippen LogP contribution is -2.53. The molecule has 0 bridgehead atoms. The first-order valence-corrected chi connectivity index (χ1v) is 7.55. The normalized spacial score (nSPS) is 31.0. The summed E-state index contributed by atoms with van der Waals surface area (Å²) in [6, 6.07) is 0.883. The Labute approximate surface area is 111 Å². The molecule has 1 saturated carbocycles. The van der Waals surface area contributed by atoms with Crippen LogP contribution in [-0.4, -0.2) is 61.0 Å². The van der Waals surface area contributed by atoms with E-state index in [0.29, 0.717) is 12.1 Å². The zero-order valence-electron chi connectivity index (χ0n) is 11.6. The summed E-state index contributed by atoms with van der Waals surface area (Å²) < 4.78 is 5.89. The highest BCUT2D eigenvalue weighted by Gasteiger charge is 2.33. The molecule has 1 aliphatic carbocycles. The van der Waals surface area contributed by atoms with Gasteiger partial charge in [-0.05, 0) is 25.8 Å². The lowest BCUT2D eigenvalue weighted by molar-refractivity contribution is -0.0889. The number of aliphatic hydroxyl groups excluding tert-OH is 1. The van der Waals surface area contributed by atoms with Gasteiger partial charge >= 0.3 is 0 Å². The van der Waals surface area contributed by atoms with Gasteiger partial charge in [-0.3, -0.25) is 4.90 Å². The SMILES string of the molecule is CCNC(CO)CCN1CCOC2CCCCC21. The predicted octanol–water partition coefficient (Wildman–Crippen LogP) is 0.990. The van der Waals surface area contributed by atoms with Gasteiger partial charge in [-0.25, -0.2) is 0 Å². The quantitative estimate of drug-likeness (QED) is 0.744. The lowest BCUT2D eigenvalue weighted by Gasteiger charge is -2.44. The number of hydrogen-bond acceptors (Lipinski definition) is 4. The van der Waals surface area contributed by atoms with Crippen LogP contribution in [0.5, 0.6) is 0 Å². The molecule has 106 valence electrons. The Morgan fingerprint density at radius 3 is 3.00 bits per heavy atom. The molecule has 2 aliphatic rings. The Morgan fingerprint density at radius 2 is 2.22 bits per heavy atom. The van der Waals surface area contributed by atoms with E-state index < -0.39 is 0 Å². The highest BCUT2D eigenvalue weighted by Crippen LogP contribution is 2.28. The van der Waals surface area contributed by atoms with Crippen LogP contribution < -0.4 is 5.32 Å². The van der Waals surface area contributed by atoms with Crippen molar-refractivity contribution in [1.82, 2.24) is 10.2 Å². The fourth-order valence-corrected chi connectivity index (χ4v) is 3.32. The number of likely N-dealkylation sites (N-methyl/N-ethyl adjacent to an activating group) is 1. The number of fused-ring (bicyclic) bond motifs is 1. The van der Waals surface area contributed by atoms with E-state index >= 15 is 0 Å². The van der Waals surface area contributed by atoms with Crippen LogP contribution in [0.4, 0.5) is 0 Å². The van der Waals surface area contributed by atoms with E-state index in [1.807, 2.05) is 0 Å². The highest BCUT2D eigenvalue weighted by molar-refractivity contribution is 4.87. The molecule has 1 heterocycles. The minimum atomic E-state index is 0.242. The molecule has 18 heavy (non-hydrogen) atoms. The van der Waals surface area contributed by atoms with Crippen LogP contribution >= 0.6 is 0 Å². The van der Waals surface area contributed by atoms with Gasteiger partial charge in [0.1, 0.15) is 0 Å². The maximum Gasteiger partial charge on any atom is 0.0730 e. The predicted molar refractivity (Wildman–Crippen MR) is 72.7 cm³/mol. The van der Waals surface area contributed by atoms with E-state index in [0.717, 1.165) is 32.7 Å².